The molecule has 1 fully saturated rings. The predicted molar refractivity (Wildman–Crippen MR) is 140 cm³/mol. The van der Waals surface area contributed by atoms with Gasteiger partial charge in [0.2, 0.25) is 5.78 Å². The van der Waals surface area contributed by atoms with Gasteiger partial charge in [-0.15, -0.1) is 0 Å². The molecule has 0 spiro atoms. The number of Topliss-reactive ketones (excluding diaryl/α,β-unsaturated/α-hetero) is 1. The van der Waals surface area contributed by atoms with Gasteiger partial charge in [-0.1, -0.05) is 18.2 Å². The number of benzene rings is 2. The molecule has 4 rings (SSSR count). The molecule has 2 heterocycles. The minimum atomic E-state index is -0.666. The van der Waals surface area contributed by atoms with Gasteiger partial charge in [0, 0.05) is 24.5 Å². The van der Waals surface area contributed by atoms with Crippen LogP contribution in [0, 0.1) is 13.8 Å². The number of aryl methyl sites for hydroxylation is 2. The number of carbonyl (C=O) groups is 3. The number of allylic oxidation sites excluding steroid dienone is 2. The summed E-state index contributed by atoms with van der Waals surface area (Å²) in [6, 6.07) is 13.0. The number of ether oxygens (including phenoxy) is 3. The number of ketones is 1. The minimum Gasteiger partial charge on any atom is -0.484 e. The van der Waals surface area contributed by atoms with Crippen LogP contribution in [0.1, 0.15) is 36.5 Å². The van der Waals surface area contributed by atoms with Crippen molar-refractivity contribution in [3.05, 3.63) is 76.1 Å². The van der Waals surface area contributed by atoms with Gasteiger partial charge in [-0.05, 0) is 80.6 Å². The Bertz CT molecular complexity index is 1260. The van der Waals surface area contributed by atoms with Crippen LogP contribution in [0.4, 0.5) is 5.69 Å². The second kappa shape index (κ2) is 11.4. The van der Waals surface area contributed by atoms with E-state index in [0.717, 1.165) is 41.8 Å². The Kier molecular flexibility index (Phi) is 8.08. The lowest BCUT2D eigenvalue weighted by Crippen LogP contribution is -2.35. The fourth-order valence-electron chi connectivity index (χ4n) is 4.41. The van der Waals surface area contributed by atoms with Gasteiger partial charge in [0.05, 0.1) is 18.9 Å². The molecule has 0 aliphatic carbocycles. The number of nitrogens with zero attached hydrogens (tertiary/aromatic N) is 1. The van der Waals surface area contributed by atoms with Gasteiger partial charge >= 0.3 is 5.97 Å². The van der Waals surface area contributed by atoms with Gasteiger partial charge < -0.3 is 24.4 Å². The van der Waals surface area contributed by atoms with Crippen molar-refractivity contribution in [1.29, 1.82) is 0 Å². The first-order chi connectivity index (χ1) is 17.8. The highest BCUT2D eigenvalue weighted by Crippen LogP contribution is 2.36. The Hall–Kier alpha value is -3.91. The van der Waals surface area contributed by atoms with Crippen LogP contribution < -0.4 is 15.0 Å². The lowest BCUT2D eigenvalue weighted by Gasteiger charge is -2.22. The van der Waals surface area contributed by atoms with E-state index in [1.165, 1.54) is 7.11 Å². The fraction of sp³-hybridized carbons (Fsp3) is 0.345. The van der Waals surface area contributed by atoms with E-state index in [2.05, 4.69) is 5.32 Å². The number of anilines is 1. The summed E-state index contributed by atoms with van der Waals surface area (Å²) >= 11 is 0. The smallest absolute Gasteiger partial charge is 0.343 e. The molecule has 0 aromatic heterocycles. The van der Waals surface area contributed by atoms with Crippen LogP contribution in [-0.4, -0.2) is 50.6 Å². The Morgan fingerprint density at radius 3 is 2.51 bits per heavy atom. The van der Waals surface area contributed by atoms with Gasteiger partial charge in [-0.3, -0.25) is 9.59 Å². The minimum absolute atomic E-state index is 0.0148. The Morgan fingerprint density at radius 1 is 1.11 bits per heavy atom. The van der Waals surface area contributed by atoms with E-state index < -0.39 is 11.8 Å². The molecule has 2 aromatic carbocycles. The maximum atomic E-state index is 13.3. The third-order valence-corrected chi connectivity index (χ3v) is 6.64. The summed E-state index contributed by atoms with van der Waals surface area (Å²) in [6.45, 7) is 6.89. The standard InChI is InChI=1S/C29H32N2O6/c1-18-7-10-22(14-19(18)2)31-20(3)27(29(34)35-4)28(33)25(31)15-21-8-11-23(12-9-21)37-17-26(32)30-16-24-6-5-13-36-24/h7-12,14-15,24H,5-6,13,16-17H2,1-4H3,(H,30,32)/b25-15-/t24-/m1/s1. The Labute approximate surface area is 216 Å². The maximum absolute atomic E-state index is 13.3. The number of hydrogen-bond acceptors (Lipinski definition) is 7. The summed E-state index contributed by atoms with van der Waals surface area (Å²) in [6.07, 6.45) is 3.79. The van der Waals surface area contributed by atoms with Crippen LogP contribution in [0.25, 0.3) is 6.08 Å². The van der Waals surface area contributed by atoms with E-state index >= 15 is 0 Å². The van der Waals surface area contributed by atoms with E-state index in [-0.39, 0.29) is 24.2 Å². The molecule has 1 atom stereocenters. The summed E-state index contributed by atoms with van der Waals surface area (Å²) in [4.78, 5) is 39.6. The second-order valence-electron chi connectivity index (χ2n) is 9.21. The molecule has 2 aliphatic heterocycles. The number of hydrogen-bond donors (Lipinski definition) is 1. The molecule has 8 heteroatoms. The first-order valence-corrected chi connectivity index (χ1v) is 12.3. The third kappa shape index (κ3) is 5.91. The van der Waals surface area contributed by atoms with Crippen molar-refractivity contribution in [2.45, 2.75) is 39.7 Å². The number of amides is 1. The average Bonchev–Trinajstić information content (AvgIpc) is 3.50. The summed E-state index contributed by atoms with van der Waals surface area (Å²) in [7, 11) is 1.26. The molecule has 8 nitrogen and oxygen atoms in total. The highest BCUT2D eigenvalue weighted by molar-refractivity contribution is 6.30. The van der Waals surface area contributed by atoms with Crippen molar-refractivity contribution in [3.8, 4) is 5.75 Å². The van der Waals surface area contributed by atoms with Crippen LogP contribution in [0.15, 0.2) is 59.4 Å². The van der Waals surface area contributed by atoms with E-state index in [1.807, 2.05) is 32.0 Å². The van der Waals surface area contributed by atoms with Crippen LogP contribution in [0.2, 0.25) is 0 Å². The SMILES string of the molecule is COC(=O)C1=C(C)N(c2ccc(C)c(C)c2)/C(=C\c2ccc(OCC(=O)NC[C@H]3CCCO3)cc2)C1=O. The molecule has 2 aromatic rings. The molecular formula is C29H32N2O6. The third-order valence-electron chi connectivity index (χ3n) is 6.64. The first kappa shape index (κ1) is 26.2. The number of methoxy groups -OCH3 is 1. The molecule has 0 unspecified atom stereocenters. The molecule has 0 bridgehead atoms. The van der Waals surface area contributed by atoms with Gasteiger partial charge in [-0.25, -0.2) is 4.79 Å². The first-order valence-electron chi connectivity index (χ1n) is 12.3. The highest BCUT2D eigenvalue weighted by atomic mass is 16.5. The van der Waals surface area contributed by atoms with Gasteiger partial charge in [-0.2, -0.15) is 0 Å². The quantitative estimate of drug-likeness (QED) is 0.332. The van der Waals surface area contributed by atoms with Crippen molar-refractivity contribution in [2.75, 3.05) is 31.8 Å². The number of nitrogens with one attached hydrogen (secondary N) is 1. The van der Waals surface area contributed by atoms with E-state index in [0.29, 0.717) is 23.7 Å². The van der Waals surface area contributed by atoms with Gasteiger partial charge in [0.1, 0.15) is 11.3 Å². The molecule has 194 valence electrons. The van der Waals surface area contributed by atoms with Crippen molar-refractivity contribution < 1.29 is 28.6 Å². The monoisotopic (exact) mass is 504 g/mol. The largest absolute Gasteiger partial charge is 0.484 e. The molecular weight excluding hydrogens is 472 g/mol. The van der Waals surface area contributed by atoms with Crippen LogP contribution in [0.3, 0.4) is 0 Å². The van der Waals surface area contributed by atoms with Gasteiger partial charge in [0.25, 0.3) is 5.91 Å². The van der Waals surface area contributed by atoms with Crippen LogP contribution >= 0.6 is 0 Å². The average molecular weight is 505 g/mol. The zero-order valence-electron chi connectivity index (χ0n) is 21.6. The number of esters is 1. The lowest BCUT2D eigenvalue weighted by molar-refractivity contribution is -0.137. The Balaban J connectivity index is 1.50. The van der Waals surface area contributed by atoms with E-state index in [1.54, 1.807) is 42.2 Å². The predicted octanol–water partition coefficient (Wildman–Crippen LogP) is 3.85. The van der Waals surface area contributed by atoms with Crippen molar-refractivity contribution >= 4 is 29.4 Å². The summed E-state index contributed by atoms with van der Waals surface area (Å²) < 4.78 is 16.0. The molecule has 0 radical (unpaired) electrons. The zero-order chi connectivity index (χ0) is 26.5. The molecule has 2 aliphatic rings. The highest BCUT2D eigenvalue weighted by Gasteiger charge is 2.38. The topological polar surface area (TPSA) is 94.2 Å². The summed E-state index contributed by atoms with van der Waals surface area (Å²) in [5.74, 6) is -0.742. The van der Waals surface area contributed by atoms with Crippen molar-refractivity contribution in [2.24, 2.45) is 0 Å². The number of carbonyl (C=O) groups excluding carboxylic acids is 3. The molecule has 0 saturated carbocycles. The van der Waals surface area contributed by atoms with Crippen molar-refractivity contribution in [3.63, 3.8) is 0 Å². The van der Waals surface area contributed by atoms with Crippen molar-refractivity contribution in [1.82, 2.24) is 5.32 Å². The summed E-state index contributed by atoms with van der Waals surface area (Å²) in [5, 5.41) is 2.83. The van der Waals surface area contributed by atoms with E-state index in [4.69, 9.17) is 14.2 Å². The van der Waals surface area contributed by atoms with E-state index in [9.17, 15) is 14.4 Å². The zero-order valence-corrected chi connectivity index (χ0v) is 21.6. The number of rotatable bonds is 8. The lowest BCUT2D eigenvalue weighted by atomic mass is 10.1. The van der Waals surface area contributed by atoms with Crippen LogP contribution in [0.5, 0.6) is 5.75 Å². The molecule has 1 saturated heterocycles. The van der Waals surface area contributed by atoms with Gasteiger partial charge in [0.15, 0.2) is 6.61 Å². The maximum Gasteiger partial charge on any atom is 0.343 e. The molecule has 1 N–H and O–H groups in total. The second-order valence-corrected chi connectivity index (χ2v) is 9.21. The summed E-state index contributed by atoms with van der Waals surface area (Å²) in [5.41, 5.74) is 4.61. The normalized spacial score (nSPS) is 18.5. The molecule has 1 amide bonds. The van der Waals surface area contributed by atoms with Crippen LogP contribution in [-0.2, 0) is 23.9 Å². The Morgan fingerprint density at radius 2 is 1.86 bits per heavy atom. The molecule has 37 heavy (non-hydrogen) atoms. The fourth-order valence-corrected chi connectivity index (χ4v) is 4.41.